The summed E-state index contributed by atoms with van der Waals surface area (Å²) in [6, 6.07) is 0.455. The van der Waals surface area contributed by atoms with E-state index in [4.69, 9.17) is 10.7 Å². The number of thiazole rings is 1. The molecule has 0 aliphatic rings. The smallest absolute Gasteiger partial charge is 0.186 e. The number of nitrogens with two attached hydrogens (primary N) is 1. The molecular formula is C14H28N4S. The van der Waals surface area contributed by atoms with Crippen molar-refractivity contribution in [2.75, 3.05) is 32.1 Å². The van der Waals surface area contributed by atoms with Gasteiger partial charge in [0.25, 0.3) is 0 Å². The molecule has 1 rings (SSSR count). The highest BCUT2D eigenvalue weighted by molar-refractivity contribution is 7.15. The topological polar surface area (TPSA) is 45.4 Å². The monoisotopic (exact) mass is 284 g/mol. The normalized spacial score (nSPS) is 13.3. The summed E-state index contributed by atoms with van der Waals surface area (Å²) in [7, 11) is 4.22. The molecule has 5 heteroatoms. The first-order valence-electron chi connectivity index (χ1n) is 7.01. The minimum absolute atomic E-state index is 0.436. The van der Waals surface area contributed by atoms with Gasteiger partial charge in [-0.1, -0.05) is 13.8 Å². The van der Waals surface area contributed by atoms with E-state index in [0.29, 0.717) is 18.5 Å². The van der Waals surface area contributed by atoms with Crippen molar-refractivity contribution in [2.45, 2.75) is 46.2 Å². The molecule has 0 spiro atoms. The third-order valence-corrected chi connectivity index (χ3v) is 4.33. The van der Waals surface area contributed by atoms with Crippen molar-refractivity contribution in [2.24, 2.45) is 5.73 Å². The first-order chi connectivity index (χ1) is 8.90. The van der Waals surface area contributed by atoms with Crippen LogP contribution in [0.1, 0.15) is 44.2 Å². The molecule has 1 aromatic rings. The summed E-state index contributed by atoms with van der Waals surface area (Å²) in [5.41, 5.74) is 7.01. The van der Waals surface area contributed by atoms with Crippen LogP contribution in [0.5, 0.6) is 0 Å². The van der Waals surface area contributed by atoms with Crippen molar-refractivity contribution in [1.82, 2.24) is 9.88 Å². The van der Waals surface area contributed by atoms with Crippen LogP contribution in [0.4, 0.5) is 5.13 Å². The molecule has 1 unspecified atom stereocenters. The predicted molar refractivity (Wildman–Crippen MR) is 85.1 cm³/mol. The van der Waals surface area contributed by atoms with Crippen LogP contribution >= 0.6 is 11.3 Å². The number of hydrogen-bond donors (Lipinski definition) is 1. The Hall–Kier alpha value is -0.650. The Labute approximate surface area is 121 Å². The fraction of sp³-hybridized carbons (Fsp3) is 0.786. The lowest BCUT2D eigenvalue weighted by atomic mass is 10.1. The molecule has 19 heavy (non-hydrogen) atoms. The number of likely N-dealkylation sites (N-methyl/N-ethyl adjacent to an activating group) is 2. The molecule has 4 nitrogen and oxygen atoms in total. The van der Waals surface area contributed by atoms with Gasteiger partial charge < -0.3 is 15.5 Å². The summed E-state index contributed by atoms with van der Waals surface area (Å²) >= 11 is 1.75. The van der Waals surface area contributed by atoms with Gasteiger partial charge in [0.15, 0.2) is 5.13 Å². The molecule has 110 valence electrons. The summed E-state index contributed by atoms with van der Waals surface area (Å²) in [6.07, 6.45) is 0. The Balaban J connectivity index is 2.98. The van der Waals surface area contributed by atoms with Gasteiger partial charge in [-0.25, -0.2) is 4.98 Å². The SMILES string of the molecule is CCN(c1nc(C(C)C)c(CN)s1)C(C)CN(C)C. The third-order valence-electron chi connectivity index (χ3n) is 3.20. The molecule has 0 bridgehead atoms. The van der Waals surface area contributed by atoms with E-state index in [0.717, 1.165) is 23.9 Å². The van der Waals surface area contributed by atoms with Crippen LogP contribution in [0, 0.1) is 0 Å². The van der Waals surface area contributed by atoms with Gasteiger partial charge in [-0.2, -0.15) is 0 Å². The predicted octanol–water partition coefficient (Wildman–Crippen LogP) is 2.50. The lowest BCUT2D eigenvalue weighted by Gasteiger charge is -2.29. The highest BCUT2D eigenvalue weighted by atomic mass is 32.1. The fourth-order valence-corrected chi connectivity index (χ4v) is 3.59. The summed E-state index contributed by atoms with van der Waals surface area (Å²) in [6.45, 7) is 11.4. The van der Waals surface area contributed by atoms with Crippen molar-refractivity contribution in [3.63, 3.8) is 0 Å². The molecule has 2 N–H and O–H groups in total. The zero-order chi connectivity index (χ0) is 14.6. The van der Waals surface area contributed by atoms with Crippen LogP contribution in [-0.2, 0) is 6.54 Å². The van der Waals surface area contributed by atoms with Crippen molar-refractivity contribution >= 4 is 16.5 Å². The molecule has 0 amide bonds. The summed E-state index contributed by atoms with van der Waals surface area (Å²) in [4.78, 5) is 10.6. The van der Waals surface area contributed by atoms with E-state index in [9.17, 15) is 0 Å². The summed E-state index contributed by atoms with van der Waals surface area (Å²) < 4.78 is 0. The number of anilines is 1. The zero-order valence-electron chi connectivity index (χ0n) is 13.1. The van der Waals surface area contributed by atoms with Gasteiger partial charge in [0.1, 0.15) is 0 Å². The minimum atomic E-state index is 0.436. The fourth-order valence-electron chi connectivity index (χ4n) is 2.33. The number of rotatable bonds is 7. The van der Waals surface area contributed by atoms with E-state index in [1.807, 2.05) is 0 Å². The van der Waals surface area contributed by atoms with Gasteiger partial charge in [-0.15, -0.1) is 11.3 Å². The van der Waals surface area contributed by atoms with Gasteiger partial charge in [0, 0.05) is 30.6 Å². The maximum absolute atomic E-state index is 5.84. The standard InChI is InChI=1S/C14H28N4S/c1-7-18(11(4)9-17(5)6)14-16-13(10(2)3)12(8-15)19-14/h10-11H,7-9,15H2,1-6H3. The molecule has 1 atom stereocenters. The maximum Gasteiger partial charge on any atom is 0.186 e. The summed E-state index contributed by atoms with van der Waals surface area (Å²) in [5.74, 6) is 0.436. The molecular weight excluding hydrogens is 256 g/mol. The molecule has 0 saturated carbocycles. The number of nitrogens with zero attached hydrogens (tertiary/aromatic N) is 3. The van der Waals surface area contributed by atoms with E-state index >= 15 is 0 Å². The van der Waals surface area contributed by atoms with Crippen LogP contribution in [0.2, 0.25) is 0 Å². The van der Waals surface area contributed by atoms with Gasteiger partial charge in [0.05, 0.1) is 5.69 Å². The van der Waals surface area contributed by atoms with Crippen molar-refractivity contribution in [1.29, 1.82) is 0 Å². The van der Waals surface area contributed by atoms with Gasteiger partial charge in [0.2, 0.25) is 0 Å². The molecule has 1 aromatic heterocycles. The zero-order valence-corrected chi connectivity index (χ0v) is 13.9. The lowest BCUT2D eigenvalue weighted by molar-refractivity contribution is 0.373. The van der Waals surface area contributed by atoms with E-state index < -0.39 is 0 Å². The molecule has 0 radical (unpaired) electrons. The summed E-state index contributed by atoms with van der Waals surface area (Å²) in [5, 5.41) is 1.11. The molecule has 0 aromatic carbocycles. The first kappa shape index (κ1) is 16.4. The van der Waals surface area contributed by atoms with Crippen LogP contribution < -0.4 is 10.6 Å². The Bertz CT molecular complexity index is 387. The van der Waals surface area contributed by atoms with Gasteiger partial charge >= 0.3 is 0 Å². The molecule has 0 fully saturated rings. The van der Waals surface area contributed by atoms with Crippen molar-refractivity contribution in [3.05, 3.63) is 10.6 Å². The molecule has 1 heterocycles. The van der Waals surface area contributed by atoms with E-state index in [2.05, 4.69) is 51.6 Å². The average Bonchev–Trinajstić information content (AvgIpc) is 2.73. The van der Waals surface area contributed by atoms with Crippen LogP contribution in [0.15, 0.2) is 0 Å². The molecule has 0 aliphatic heterocycles. The van der Waals surface area contributed by atoms with Crippen LogP contribution in [-0.4, -0.2) is 43.1 Å². The highest BCUT2D eigenvalue weighted by Crippen LogP contribution is 2.31. The number of hydrogen-bond acceptors (Lipinski definition) is 5. The Kier molecular flexibility index (Phi) is 6.23. The van der Waals surface area contributed by atoms with Gasteiger partial charge in [-0.3, -0.25) is 0 Å². The lowest BCUT2D eigenvalue weighted by Crippen LogP contribution is -2.40. The largest absolute Gasteiger partial charge is 0.344 e. The highest BCUT2D eigenvalue weighted by Gasteiger charge is 2.20. The average molecular weight is 284 g/mol. The first-order valence-corrected chi connectivity index (χ1v) is 7.83. The van der Waals surface area contributed by atoms with Crippen molar-refractivity contribution < 1.29 is 0 Å². The molecule has 0 saturated heterocycles. The van der Waals surface area contributed by atoms with E-state index in [1.165, 1.54) is 4.88 Å². The second kappa shape index (κ2) is 7.22. The second-order valence-electron chi connectivity index (χ2n) is 5.56. The van der Waals surface area contributed by atoms with Gasteiger partial charge in [-0.05, 0) is 33.9 Å². The second-order valence-corrected chi connectivity index (χ2v) is 6.62. The Morgan fingerprint density at radius 2 is 1.89 bits per heavy atom. The number of aromatic nitrogens is 1. The third kappa shape index (κ3) is 4.16. The molecule has 0 aliphatic carbocycles. The van der Waals surface area contributed by atoms with Crippen LogP contribution in [0.25, 0.3) is 0 Å². The quantitative estimate of drug-likeness (QED) is 0.835. The minimum Gasteiger partial charge on any atom is -0.344 e. The van der Waals surface area contributed by atoms with Crippen molar-refractivity contribution in [3.8, 4) is 0 Å². The Morgan fingerprint density at radius 3 is 2.26 bits per heavy atom. The maximum atomic E-state index is 5.84. The van der Waals surface area contributed by atoms with E-state index in [-0.39, 0.29) is 0 Å². The van der Waals surface area contributed by atoms with E-state index in [1.54, 1.807) is 11.3 Å². The Morgan fingerprint density at radius 1 is 1.26 bits per heavy atom. The van der Waals surface area contributed by atoms with Crippen LogP contribution in [0.3, 0.4) is 0 Å².